The normalized spacial score (nSPS) is 11.5. The number of aryl methyl sites for hydroxylation is 1. The Balaban J connectivity index is 2.03. The van der Waals surface area contributed by atoms with Crippen LogP contribution in [0.5, 0.6) is 0 Å². The number of imidazole rings is 1. The molecule has 32 heavy (non-hydrogen) atoms. The maximum absolute atomic E-state index is 12.2. The van der Waals surface area contributed by atoms with E-state index in [0.717, 1.165) is 16.6 Å². The number of nitrogens with zero attached hydrogens (tertiary/aromatic N) is 6. The fraction of sp³-hybridized carbons (Fsp3) is 0.217. The largest absolute Gasteiger partial charge is 0.368 e. The van der Waals surface area contributed by atoms with Gasteiger partial charge in [-0.25, -0.2) is 19.9 Å². The molecular weight excluding hydrogens is 404 g/mol. The summed E-state index contributed by atoms with van der Waals surface area (Å²) in [5, 5.41) is 9.49. The van der Waals surface area contributed by atoms with Crippen LogP contribution in [0.1, 0.15) is 42.4 Å². The van der Waals surface area contributed by atoms with Gasteiger partial charge in [0.25, 0.3) is 5.91 Å². The number of hydrogen-bond acceptors (Lipinski definition) is 7. The highest BCUT2D eigenvalue weighted by molar-refractivity contribution is 5.99. The minimum Gasteiger partial charge on any atom is -0.368 e. The summed E-state index contributed by atoms with van der Waals surface area (Å²) in [6, 6.07) is 9.48. The van der Waals surface area contributed by atoms with Gasteiger partial charge in [0.1, 0.15) is 17.5 Å². The SMILES string of the molecule is Cc1cc(C(N)=O)c(-c2nc3cc(-c4cnc(N)nc4)ccc3n2C(C)(C)C)nc1C#N. The Morgan fingerprint density at radius 1 is 1.09 bits per heavy atom. The molecule has 4 N–H and O–H groups in total. The number of anilines is 1. The number of carbonyl (C=O) groups excluding carboxylic acids is 1. The van der Waals surface area contributed by atoms with E-state index >= 15 is 0 Å². The van der Waals surface area contributed by atoms with E-state index in [4.69, 9.17) is 16.5 Å². The van der Waals surface area contributed by atoms with Crippen molar-refractivity contribution in [2.24, 2.45) is 5.73 Å². The molecule has 0 spiro atoms. The fourth-order valence-corrected chi connectivity index (χ4v) is 3.67. The van der Waals surface area contributed by atoms with Crippen LogP contribution in [0.3, 0.4) is 0 Å². The molecule has 4 rings (SSSR count). The third-order valence-electron chi connectivity index (χ3n) is 5.13. The van der Waals surface area contributed by atoms with E-state index in [2.05, 4.69) is 21.0 Å². The molecule has 4 aromatic rings. The van der Waals surface area contributed by atoms with Crippen molar-refractivity contribution in [2.45, 2.75) is 33.2 Å². The summed E-state index contributed by atoms with van der Waals surface area (Å²) < 4.78 is 2.00. The lowest BCUT2D eigenvalue weighted by molar-refractivity contribution is 0.100. The first kappa shape index (κ1) is 20.9. The van der Waals surface area contributed by atoms with Gasteiger partial charge >= 0.3 is 0 Å². The Morgan fingerprint density at radius 3 is 2.38 bits per heavy atom. The van der Waals surface area contributed by atoms with Crippen molar-refractivity contribution < 1.29 is 4.79 Å². The summed E-state index contributed by atoms with van der Waals surface area (Å²) >= 11 is 0. The number of fused-ring (bicyclic) bond motifs is 1. The Kier molecular flexibility index (Phi) is 4.86. The Hall–Kier alpha value is -4.32. The molecule has 1 amide bonds. The topological polar surface area (TPSA) is 149 Å². The number of hydrogen-bond donors (Lipinski definition) is 2. The summed E-state index contributed by atoms with van der Waals surface area (Å²) in [5.74, 6) is 0.0303. The summed E-state index contributed by atoms with van der Waals surface area (Å²) in [5.41, 5.74) is 15.4. The zero-order valence-electron chi connectivity index (χ0n) is 18.2. The van der Waals surface area contributed by atoms with E-state index in [0.29, 0.717) is 16.9 Å². The molecule has 3 heterocycles. The van der Waals surface area contributed by atoms with Gasteiger partial charge in [-0.15, -0.1) is 0 Å². The minimum atomic E-state index is -0.632. The lowest BCUT2D eigenvalue weighted by Crippen LogP contribution is -2.24. The third-order valence-corrected chi connectivity index (χ3v) is 5.13. The average Bonchev–Trinajstić information content (AvgIpc) is 3.13. The molecule has 9 nitrogen and oxygen atoms in total. The Labute approximate surface area is 184 Å². The molecule has 0 bridgehead atoms. The first-order chi connectivity index (χ1) is 15.1. The number of nitriles is 1. The molecular formula is C23H22N8O. The van der Waals surface area contributed by atoms with Crippen LogP contribution in [0.25, 0.3) is 33.7 Å². The number of pyridine rings is 1. The lowest BCUT2D eigenvalue weighted by atomic mass is 10.0. The van der Waals surface area contributed by atoms with Crippen molar-refractivity contribution in [3.63, 3.8) is 0 Å². The smallest absolute Gasteiger partial charge is 0.251 e. The van der Waals surface area contributed by atoms with Crippen LogP contribution >= 0.6 is 0 Å². The molecule has 0 fully saturated rings. The van der Waals surface area contributed by atoms with E-state index in [-0.39, 0.29) is 22.9 Å². The van der Waals surface area contributed by atoms with Crippen LogP contribution in [0, 0.1) is 18.3 Å². The van der Waals surface area contributed by atoms with Gasteiger partial charge in [-0.05, 0) is 57.0 Å². The van der Waals surface area contributed by atoms with Gasteiger partial charge in [0.2, 0.25) is 5.95 Å². The maximum atomic E-state index is 12.2. The highest BCUT2D eigenvalue weighted by atomic mass is 16.1. The molecule has 0 radical (unpaired) electrons. The minimum absolute atomic E-state index is 0.201. The van der Waals surface area contributed by atoms with Crippen LogP contribution < -0.4 is 11.5 Å². The van der Waals surface area contributed by atoms with Crippen LogP contribution in [0.2, 0.25) is 0 Å². The molecule has 1 aromatic carbocycles. The second-order valence-electron chi connectivity index (χ2n) is 8.50. The second kappa shape index (κ2) is 7.42. The van der Waals surface area contributed by atoms with Crippen LogP contribution in [-0.2, 0) is 5.54 Å². The predicted octanol–water partition coefficient (Wildman–Crippen LogP) is 3.17. The van der Waals surface area contributed by atoms with Crippen molar-refractivity contribution in [3.05, 3.63) is 53.5 Å². The van der Waals surface area contributed by atoms with Crippen molar-refractivity contribution in [1.29, 1.82) is 5.26 Å². The van der Waals surface area contributed by atoms with Gasteiger partial charge in [-0.1, -0.05) is 6.07 Å². The average molecular weight is 426 g/mol. The van der Waals surface area contributed by atoms with Crippen molar-refractivity contribution in [2.75, 3.05) is 5.73 Å². The highest BCUT2D eigenvalue weighted by Crippen LogP contribution is 2.34. The second-order valence-corrected chi connectivity index (χ2v) is 8.50. The maximum Gasteiger partial charge on any atom is 0.251 e. The molecule has 0 aliphatic carbocycles. The van der Waals surface area contributed by atoms with Crippen molar-refractivity contribution >= 4 is 22.9 Å². The monoisotopic (exact) mass is 426 g/mol. The standard InChI is InChI=1S/C23H22N8O/c1-12-7-15(20(25)32)19(29-17(12)9-24)21-30-16-8-13(14-10-27-22(26)28-11-14)5-6-18(16)31(21)23(2,3)4/h5-8,10-11H,1-4H3,(H2,25,32)(H2,26,27,28). The van der Waals surface area contributed by atoms with Crippen LogP contribution in [0.15, 0.2) is 36.7 Å². The molecule has 160 valence electrons. The number of rotatable bonds is 3. The van der Waals surface area contributed by atoms with Crippen LogP contribution in [0.4, 0.5) is 5.95 Å². The summed E-state index contributed by atoms with van der Waals surface area (Å²) in [7, 11) is 0. The zero-order valence-corrected chi connectivity index (χ0v) is 18.2. The van der Waals surface area contributed by atoms with Gasteiger partial charge < -0.3 is 16.0 Å². The van der Waals surface area contributed by atoms with E-state index < -0.39 is 11.4 Å². The first-order valence-corrected chi connectivity index (χ1v) is 9.93. The highest BCUT2D eigenvalue weighted by Gasteiger charge is 2.27. The van der Waals surface area contributed by atoms with Crippen molar-refractivity contribution in [1.82, 2.24) is 24.5 Å². The number of primary amides is 1. The molecule has 0 unspecified atom stereocenters. The predicted molar refractivity (Wildman–Crippen MR) is 121 cm³/mol. The van der Waals surface area contributed by atoms with Gasteiger partial charge in [-0.3, -0.25) is 4.79 Å². The summed E-state index contributed by atoms with van der Waals surface area (Å²) in [6.07, 6.45) is 3.30. The lowest BCUT2D eigenvalue weighted by Gasteiger charge is -2.25. The number of nitrogen functional groups attached to an aromatic ring is 1. The molecule has 3 aromatic heterocycles. The quantitative estimate of drug-likeness (QED) is 0.511. The van der Waals surface area contributed by atoms with Gasteiger partial charge in [0.05, 0.1) is 16.6 Å². The number of benzene rings is 1. The van der Waals surface area contributed by atoms with E-state index in [9.17, 15) is 10.1 Å². The fourth-order valence-electron chi connectivity index (χ4n) is 3.67. The first-order valence-electron chi connectivity index (χ1n) is 9.93. The molecule has 9 heteroatoms. The third kappa shape index (κ3) is 3.52. The molecule has 0 saturated heterocycles. The summed E-state index contributed by atoms with van der Waals surface area (Å²) in [6.45, 7) is 7.81. The number of nitrogens with two attached hydrogens (primary N) is 2. The number of aromatic nitrogens is 5. The Bertz CT molecular complexity index is 1410. The Morgan fingerprint density at radius 2 is 1.78 bits per heavy atom. The molecule has 0 aliphatic rings. The van der Waals surface area contributed by atoms with E-state index in [1.54, 1.807) is 25.4 Å². The summed E-state index contributed by atoms with van der Waals surface area (Å²) in [4.78, 5) is 29.6. The molecule has 0 saturated carbocycles. The zero-order chi connectivity index (χ0) is 23.2. The molecule has 0 atom stereocenters. The number of carbonyl (C=O) groups is 1. The van der Waals surface area contributed by atoms with E-state index in [1.807, 2.05) is 43.5 Å². The van der Waals surface area contributed by atoms with Crippen molar-refractivity contribution in [3.8, 4) is 28.7 Å². The molecule has 0 aliphatic heterocycles. The van der Waals surface area contributed by atoms with Crippen LogP contribution in [-0.4, -0.2) is 30.4 Å². The number of amides is 1. The van der Waals surface area contributed by atoms with E-state index in [1.165, 1.54) is 0 Å². The van der Waals surface area contributed by atoms with Gasteiger partial charge in [0, 0.05) is 23.5 Å². The van der Waals surface area contributed by atoms with Gasteiger partial charge in [-0.2, -0.15) is 5.26 Å². The van der Waals surface area contributed by atoms with Gasteiger partial charge in [0.15, 0.2) is 5.82 Å².